The first-order valence-corrected chi connectivity index (χ1v) is 7.16. The molecule has 0 bridgehead atoms. The third kappa shape index (κ3) is 3.80. The number of benzene rings is 1. The quantitative estimate of drug-likeness (QED) is 0.477. The van der Waals surface area contributed by atoms with E-state index in [-0.39, 0.29) is 22.4 Å². The standard InChI is InChI=1S/C15H21N3O3/c1-2-3-4-14(17-9-7-16-8-10-17)13-11-12(19)5-6-15(13)18(20)21/h2,5-6,11,14,16,19H,1,3-4,7-10H2/t14-/m1/s1. The second-order valence-electron chi connectivity index (χ2n) is 5.17. The second-order valence-corrected chi connectivity index (χ2v) is 5.17. The highest BCUT2D eigenvalue weighted by Gasteiger charge is 2.28. The molecule has 0 spiro atoms. The van der Waals surface area contributed by atoms with Crippen LogP contribution in [0, 0.1) is 10.1 Å². The first-order valence-electron chi connectivity index (χ1n) is 7.16. The Morgan fingerprint density at radius 3 is 2.81 bits per heavy atom. The summed E-state index contributed by atoms with van der Waals surface area (Å²) in [6.07, 6.45) is 3.36. The Morgan fingerprint density at radius 2 is 2.19 bits per heavy atom. The third-order valence-corrected chi connectivity index (χ3v) is 3.80. The van der Waals surface area contributed by atoms with Crippen molar-refractivity contribution in [1.29, 1.82) is 0 Å². The minimum Gasteiger partial charge on any atom is -0.508 e. The van der Waals surface area contributed by atoms with Gasteiger partial charge < -0.3 is 10.4 Å². The zero-order valence-electron chi connectivity index (χ0n) is 12.0. The summed E-state index contributed by atoms with van der Waals surface area (Å²) in [7, 11) is 0. The van der Waals surface area contributed by atoms with E-state index in [9.17, 15) is 15.2 Å². The molecule has 1 heterocycles. The van der Waals surface area contributed by atoms with Gasteiger partial charge in [-0.05, 0) is 25.0 Å². The summed E-state index contributed by atoms with van der Waals surface area (Å²) in [4.78, 5) is 13.1. The topological polar surface area (TPSA) is 78.6 Å². The van der Waals surface area contributed by atoms with Gasteiger partial charge >= 0.3 is 0 Å². The molecule has 1 aliphatic rings. The number of aromatic hydroxyl groups is 1. The van der Waals surface area contributed by atoms with E-state index in [1.54, 1.807) is 0 Å². The lowest BCUT2D eigenvalue weighted by atomic mass is 9.97. The molecule has 2 N–H and O–H groups in total. The fourth-order valence-corrected chi connectivity index (χ4v) is 2.78. The van der Waals surface area contributed by atoms with Crippen LogP contribution in [0.2, 0.25) is 0 Å². The second kappa shape index (κ2) is 7.19. The van der Waals surface area contributed by atoms with Gasteiger partial charge in [0.25, 0.3) is 5.69 Å². The highest BCUT2D eigenvalue weighted by molar-refractivity contribution is 5.46. The van der Waals surface area contributed by atoms with Crippen LogP contribution >= 0.6 is 0 Å². The minimum absolute atomic E-state index is 0.0642. The lowest BCUT2D eigenvalue weighted by Gasteiger charge is -2.35. The molecule has 0 amide bonds. The number of nitro groups is 1. The molecule has 0 aromatic heterocycles. The fraction of sp³-hybridized carbons (Fsp3) is 0.467. The van der Waals surface area contributed by atoms with E-state index >= 15 is 0 Å². The Bertz CT molecular complexity index is 513. The van der Waals surface area contributed by atoms with Crippen molar-refractivity contribution in [2.45, 2.75) is 18.9 Å². The third-order valence-electron chi connectivity index (χ3n) is 3.80. The molecule has 1 aromatic carbocycles. The van der Waals surface area contributed by atoms with Crippen LogP contribution in [-0.4, -0.2) is 41.1 Å². The van der Waals surface area contributed by atoms with E-state index in [4.69, 9.17) is 0 Å². The van der Waals surface area contributed by atoms with Gasteiger partial charge in [-0.15, -0.1) is 6.58 Å². The van der Waals surface area contributed by atoms with Gasteiger partial charge in [0.1, 0.15) is 5.75 Å². The summed E-state index contributed by atoms with van der Waals surface area (Å²) in [5.74, 6) is 0.0642. The van der Waals surface area contributed by atoms with Crippen LogP contribution in [0.15, 0.2) is 30.9 Å². The molecule has 1 atom stereocenters. The Kier molecular flexibility index (Phi) is 5.30. The number of nitro benzene ring substituents is 1. The number of hydrogen-bond acceptors (Lipinski definition) is 5. The van der Waals surface area contributed by atoms with Gasteiger partial charge in [-0.3, -0.25) is 15.0 Å². The first kappa shape index (κ1) is 15.5. The van der Waals surface area contributed by atoms with Crippen molar-refractivity contribution >= 4 is 5.69 Å². The van der Waals surface area contributed by atoms with E-state index in [0.717, 1.165) is 39.0 Å². The maximum atomic E-state index is 11.3. The van der Waals surface area contributed by atoms with Gasteiger partial charge in [0, 0.05) is 38.3 Å². The molecule has 0 aliphatic carbocycles. The number of rotatable bonds is 6. The molecule has 6 nitrogen and oxygen atoms in total. The van der Waals surface area contributed by atoms with Crippen molar-refractivity contribution < 1.29 is 10.0 Å². The van der Waals surface area contributed by atoms with E-state index in [1.165, 1.54) is 18.2 Å². The van der Waals surface area contributed by atoms with Crippen molar-refractivity contribution in [3.05, 3.63) is 46.5 Å². The fourth-order valence-electron chi connectivity index (χ4n) is 2.78. The number of nitrogens with zero attached hydrogens (tertiary/aromatic N) is 2. The van der Waals surface area contributed by atoms with E-state index in [0.29, 0.717) is 5.56 Å². The SMILES string of the molecule is C=CCC[C@H](c1cc(O)ccc1[N+](=O)[O-])N1CCNCC1. The van der Waals surface area contributed by atoms with Crippen molar-refractivity contribution in [2.75, 3.05) is 26.2 Å². The first-order chi connectivity index (χ1) is 10.1. The molecule has 1 saturated heterocycles. The normalized spacial score (nSPS) is 17.3. The molecule has 1 aromatic rings. The molecule has 0 radical (unpaired) electrons. The van der Waals surface area contributed by atoms with Crippen LogP contribution in [0.3, 0.4) is 0 Å². The molecule has 1 aliphatic heterocycles. The smallest absolute Gasteiger partial charge is 0.274 e. The molecule has 2 rings (SSSR count). The number of phenols is 1. The van der Waals surface area contributed by atoms with Gasteiger partial charge in [-0.1, -0.05) is 6.08 Å². The predicted molar refractivity (Wildman–Crippen MR) is 81.4 cm³/mol. The molecule has 114 valence electrons. The van der Waals surface area contributed by atoms with Gasteiger partial charge in [0.05, 0.1) is 10.5 Å². The van der Waals surface area contributed by atoms with Crippen molar-refractivity contribution in [2.24, 2.45) is 0 Å². The lowest BCUT2D eigenvalue weighted by Crippen LogP contribution is -2.45. The van der Waals surface area contributed by atoms with Crippen molar-refractivity contribution in [3.8, 4) is 5.75 Å². The number of allylic oxidation sites excluding steroid dienone is 1. The number of phenolic OH excluding ortho intramolecular Hbond substituents is 1. The highest BCUT2D eigenvalue weighted by Crippen LogP contribution is 2.35. The zero-order chi connectivity index (χ0) is 15.2. The summed E-state index contributed by atoms with van der Waals surface area (Å²) in [5.41, 5.74) is 0.657. The maximum Gasteiger partial charge on any atom is 0.274 e. The molecule has 1 fully saturated rings. The zero-order valence-corrected chi connectivity index (χ0v) is 12.0. The number of nitrogens with one attached hydrogen (secondary N) is 1. The van der Waals surface area contributed by atoms with Crippen molar-refractivity contribution in [1.82, 2.24) is 10.2 Å². The van der Waals surface area contributed by atoms with Gasteiger partial charge in [0.15, 0.2) is 0 Å². The summed E-state index contributed by atoms with van der Waals surface area (Å²) in [5, 5.41) is 24.3. The number of piperazine rings is 1. The molecule has 0 saturated carbocycles. The largest absolute Gasteiger partial charge is 0.508 e. The minimum atomic E-state index is -0.377. The van der Waals surface area contributed by atoms with Gasteiger partial charge in [0.2, 0.25) is 0 Å². The average Bonchev–Trinajstić information content (AvgIpc) is 2.48. The van der Waals surface area contributed by atoms with Crippen LogP contribution in [-0.2, 0) is 0 Å². The summed E-state index contributed by atoms with van der Waals surface area (Å²) < 4.78 is 0. The predicted octanol–water partition coefficient (Wildman–Crippen LogP) is 2.21. The molecular formula is C15H21N3O3. The Hall–Kier alpha value is -1.92. The Labute approximate surface area is 124 Å². The highest BCUT2D eigenvalue weighted by atomic mass is 16.6. The van der Waals surface area contributed by atoms with Crippen LogP contribution in [0.25, 0.3) is 0 Å². The van der Waals surface area contributed by atoms with Gasteiger partial charge in [-0.25, -0.2) is 0 Å². The van der Waals surface area contributed by atoms with Crippen LogP contribution < -0.4 is 5.32 Å². The van der Waals surface area contributed by atoms with E-state index < -0.39 is 0 Å². The van der Waals surface area contributed by atoms with E-state index in [2.05, 4.69) is 16.8 Å². The maximum absolute atomic E-state index is 11.3. The van der Waals surface area contributed by atoms with E-state index in [1.807, 2.05) is 6.08 Å². The average molecular weight is 291 g/mol. The monoisotopic (exact) mass is 291 g/mol. The Morgan fingerprint density at radius 1 is 1.48 bits per heavy atom. The molecule has 0 unspecified atom stereocenters. The number of hydrogen-bond donors (Lipinski definition) is 2. The van der Waals surface area contributed by atoms with Gasteiger partial charge in [-0.2, -0.15) is 0 Å². The summed E-state index contributed by atoms with van der Waals surface area (Å²) in [6, 6.07) is 4.20. The molecule has 6 heteroatoms. The molecular weight excluding hydrogens is 270 g/mol. The lowest BCUT2D eigenvalue weighted by molar-refractivity contribution is -0.386. The summed E-state index contributed by atoms with van der Waals surface area (Å²) in [6.45, 7) is 7.16. The van der Waals surface area contributed by atoms with Crippen LogP contribution in [0.5, 0.6) is 5.75 Å². The summed E-state index contributed by atoms with van der Waals surface area (Å²) >= 11 is 0. The van der Waals surface area contributed by atoms with Crippen molar-refractivity contribution in [3.63, 3.8) is 0 Å². The Balaban J connectivity index is 2.36. The molecule has 21 heavy (non-hydrogen) atoms. The van der Waals surface area contributed by atoms with Crippen LogP contribution in [0.1, 0.15) is 24.4 Å². The van der Waals surface area contributed by atoms with Crippen LogP contribution in [0.4, 0.5) is 5.69 Å².